The van der Waals surface area contributed by atoms with E-state index in [-0.39, 0.29) is 5.91 Å². The zero-order valence-corrected chi connectivity index (χ0v) is 13.7. The molecule has 0 aliphatic carbocycles. The van der Waals surface area contributed by atoms with Crippen molar-refractivity contribution in [2.24, 2.45) is 0 Å². The molecule has 1 amide bonds. The van der Waals surface area contributed by atoms with E-state index >= 15 is 0 Å². The SMILES string of the molecule is Cc1ccc(C(=O)N2CCN(C)c3ccccc32)c(Br)c1. The second kappa shape index (κ2) is 5.53. The van der Waals surface area contributed by atoms with E-state index in [1.54, 1.807) is 0 Å². The van der Waals surface area contributed by atoms with Crippen LogP contribution in [0.25, 0.3) is 0 Å². The van der Waals surface area contributed by atoms with E-state index in [1.165, 1.54) is 0 Å². The van der Waals surface area contributed by atoms with Crippen LogP contribution in [-0.4, -0.2) is 26.0 Å². The topological polar surface area (TPSA) is 23.6 Å². The Kier molecular flexibility index (Phi) is 3.72. The lowest BCUT2D eigenvalue weighted by Crippen LogP contribution is -2.42. The normalized spacial score (nSPS) is 14.0. The highest BCUT2D eigenvalue weighted by atomic mass is 79.9. The van der Waals surface area contributed by atoms with E-state index in [0.29, 0.717) is 12.1 Å². The number of hydrogen-bond donors (Lipinski definition) is 0. The molecule has 0 radical (unpaired) electrons. The summed E-state index contributed by atoms with van der Waals surface area (Å²) in [7, 11) is 2.06. The largest absolute Gasteiger partial charge is 0.371 e. The molecule has 0 atom stereocenters. The van der Waals surface area contributed by atoms with Gasteiger partial charge in [-0.2, -0.15) is 0 Å². The summed E-state index contributed by atoms with van der Waals surface area (Å²) in [4.78, 5) is 16.9. The molecule has 108 valence electrons. The van der Waals surface area contributed by atoms with Crippen molar-refractivity contribution in [3.63, 3.8) is 0 Å². The van der Waals surface area contributed by atoms with Crippen molar-refractivity contribution in [2.75, 3.05) is 29.9 Å². The summed E-state index contributed by atoms with van der Waals surface area (Å²) in [6, 6.07) is 13.9. The second-order valence-corrected chi connectivity index (χ2v) is 6.20. The smallest absolute Gasteiger partial charge is 0.259 e. The van der Waals surface area contributed by atoms with Gasteiger partial charge in [0.1, 0.15) is 0 Å². The molecule has 2 aromatic rings. The highest BCUT2D eigenvalue weighted by molar-refractivity contribution is 9.10. The number of nitrogens with zero attached hydrogens (tertiary/aromatic N) is 2. The first-order valence-electron chi connectivity index (χ1n) is 6.96. The van der Waals surface area contributed by atoms with Crippen molar-refractivity contribution < 1.29 is 4.79 Å². The summed E-state index contributed by atoms with van der Waals surface area (Å²) in [5.41, 5.74) is 3.92. The van der Waals surface area contributed by atoms with Gasteiger partial charge in [0.2, 0.25) is 0 Å². The van der Waals surface area contributed by atoms with Crippen molar-refractivity contribution in [1.82, 2.24) is 0 Å². The molecule has 0 unspecified atom stereocenters. The van der Waals surface area contributed by atoms with Crippen LogP contribution in [0.5, 0.6) is 0 Å². The molecule has 1 heterocycles. The van der Waals surface area contributed by atoms with Crippen LogP contribution in [0.1, 0.15) is 15.9 Å². The summed E-state index contributed by atoms with van der Waals surface area (Å²) < 4.78 is 0.851. The molecule has 1 aliphatic rings. The van der Waals surface area contributed by atoms with Crippen LogP contribution >= 0.6 is 15.9 Å². The van der Waals surface area contributed by atoms with Crippen LogP contribution in [0, 0.1) is 6.92 Å². The minimum Gasteiger partial charge on any atom is -0.371 e. The number of anilines is 2. The zero-order valence-electron chi connectivity index (χ0n) is 12.1. The molecular formula is C17H17BrN2O. The predicted octanol–water partition coefficient (Wildman–Crippen LogP) is 3.85. The number of fused-ring (bicyclic) bond motifs is 1. The molecule has 3 nitrogen and oxygen atoms in total. The monoisotopic (exact) mass is 344 g/mol. The van der Waals surface area contributed by atoms with Gasteiger partial charge in [-0.05, 0) is 52.7 Å². The van der Waals surface area contributed by atoms with Crippen molar-refractivity contribution in [3.05, 3.63) is 58.1 Å². The first-order chi connectivity index (χ1) is 10.1. The molecule has 2 aromatic carbocycles. The number of halogens is 1. The molecule has 0 saturated carbocycles. The van der Waals surface area contributed by atoms with Gasteiger partial charge in [-0.1, -0.05) is 18.2 Å². The minimum atomic E-state index is 0.0439. The third-order valence-electron chi connectivity index (χ3n) is 3.84. The number of rotatable bonds is 1. The first kappa shape index (κ1) is 14.1. The Hall–Kier alpha value is -1.81. The average molecular weight is 345 g/mol. The first-order valence-corrected chi connectivity index (χ1v) is 7.75. The molecule has 0 N–H and O–H groups in total. The van der Waals surface area contributed by atoms with E-state index in [2.05, 4.69) is 33.9 Å². The van der Waals surface area contributed by atoms with Crippen molar-refractivity contribution >= 4 is 33.2 Å². The van der Waals surface area contributed by atoms with Crippen LogP contribution in [0.4, 0.5) is 11.4 Å². The minimum absolute atomic E-state index is 0.0439. The lowest BCUT2D eigenvalue weighted by Gasteiger charge is -2.35. The zero-order chi connectivity index (χ0) is 15.0. The van der Waals surface area contributed by atoms with Crippen LogP contribution in [0.3, 0.4) is 0 Å². The van der Waals surface area contributed by atoms with Gasteiger partial charge < -0.3 is 9.80 Å². The number of para-hydroxylation sites is 2. The molecule has 0 spiro atoms. The van der Waals surface area contributed by atoms with Gasteiger partial charge in [0.05, 0.1) is 16.9 Å². The Morgan fingerprint density at radius 3 is 2.52 bits per heavy atom. The Bertz CT molecular complexity index is 699. The number of benzene rings is 2. The Balaban J connectivity index is 2.01. The fraction of sp³-hybridized carbons (Fsp3) is 0.235. The van der Waals surface area contributed by atoms with Gasteiger partial charge in [-0.25, -0.2) is 0 Å². The number of hydrogen-bond acceptors (Lipinski definition) is 2. The highest BCUT2D eigenvalue weighted by Gasteiger charge is 2.26. The third kappa shape index (κ3) is 2.56. The van der Waals surface area contributed by atoms with E-state index in [4.69, 9.17) is 0 Å². The maximum atomic E-state index is 12.9. The molecule has 0 aromatic heterocycles. The predicted molar refractivity (Wildman–Crippen MR) is 90.3 cm³/mol. The van der Waals surface area contributed by atoms with E-state index in [0.717, 1.165) is 28.0 Å². The van der Waals surface area contributed by atoms with Crippen LogP contribution in [0.15, 0.2) is 46.9 Å². The van der Waals surface area contributed by atoms with Gasteiger partial charge in [0.25, 0.3) is 5.91 Å². The lowest BCUT2D eigenvalue weighted by atomic mass is 10.1. The van der Waals surface area contributed by atoms with Crippen LogP contribution in [-0.2, 0) is 0 Å². The Labute approximate surface area is 133 Å². The van der Waals surface area contributed by atoms with E-state index < -0.39 is 0 Å². The fourth-order valence-electron chi connectivity index (χ4n) is 2.66. The summed E-state index contributed by atoms with van der Waals surface area (Å²) in [6.07, 6.45) is 0. The Morgan fingerprint density at radius 1 is 1.10 bits per heavy atom. The lowest BCUT2D eigenvalue weighted by molar-refractivity contribution is 0.0986. The van der Waals surface area contributed by atoms with Gasteiger partial charge in [-0.3, -0.25) is 4.79 Å². The van der Waals surface area contributed by atoms with Crippen molar-refractivity contribution in [1.29, 1.82) is 0 Å². The van der Waals surface area contributed by atoms with Crippen molar-refractivity contribution in [2.45, 2.75) is 6.92 Å². The molecule has 1 aliphatic heterocycles. The molecule has 4 heteroatoms. The van der Waals surface area contributed by atoms with Gasteiger partial charge >= 0.3 is 0 Å². The average Bonchev–Trinajstić information content (AvgIpc) is 2.47. The Morgan fingerprint density at radius 2 is 1.81 bits per heavy atom. The maximum absolute atomic E-state index is 12.9. The molecule has 0 bridgehead atoms. The number of carbonyl (C=O) groups is 1. The summed E-state index contributed by atoms with van der Waals surface area (Å²) in [5, 5.41) is 0. The van der Waals surface area contributed by atoms with E-state index in [1.807, 2.05) is 48.2 Å². The summed E-state index contributed by atoms with van der Waals surface area (Å²) >= 11 is 3.51. The molecule has 3 rings (SSSR count). The van der Waals surface area contributed by atoms with Crippen molar-refractivity contribution in [3.8, 4) is 0 Å². The van der Waals surface area contributed by atoms with Gasteiger partial charge in [-0.15, -0.1) is 0 Å². The molecular weight excluding hydrogens is 328 g/mol. The summed E-state index contributed by atoms with van der Waals surface area (Å²) in [5.74, 6) is 0.0439. The van der Waals surface area contributed by atoms with Crippen LogP contribution < -0.4 is 9.80 Å². The van der Waals surface area contributed by atoms with E-state index in [9.17, 15) is 4.79 Å². The molecule has 21 heavy (non-hydrogen) atoms. The van der Waals surface area contributed by atoms with Gasteiger partial charge in [0.15, 0.2) is 0 Å². The quantitative estimate of drug-likeness (QED) is 0.784. The number of likely N-dealkylation sites (N-methyl/N-ethyl adjacent to an activating group) is 1. The number of aryl methyl sites for hydroxylation is 1. The standard InChI is InChI=1S/C17H17BrN2O/c1-12-7-8-13(14(18)11-12)17(21)20-10-9-19(2)15-5-3-4-6-16(15)20/h3-8,11H,9-10H2,1-2H3. The number of amides is 1. The molecule has 0 fully saturated rings. The fourth-order valence-corrected chi connectivity index (χ4v) is 3.32. The molecule has 0 saturated heterocycles. The highest BCUT2D eigenvalue weighted by Crippen LogP contribution is 2.33. The third-order valence-corrected chi connectivity index (χ3v) is 4.50. The maximum Gasteiger partial charge on any atom is 0.259 e. The van der Waals surface area contributed by atoms with Gasteiger partial charge in [0, 0.05) is 24.6 Å². The summed E-state index contributed by atoms with van der Waals surface area (Å²) in [6.45, 7) is 3.56. The van der Waals surface area contributed by atoms with Crippen LogP contribution in [0.2, 0.25) is 0 Å². The number of carbonyl (C=O) groups excluding carboxylic acids is 1. The second-order valence-electron chi connectivity index (χ2n) is 5.35.